The Kier molecular flexibility index (Phi) is 7.28. The number of amides is 1. The standard InChI is InChI=1S/C20H20F3NO3/c1-26-18-11-10-15(13-17(18)20(21,22)23)7-5-6-12-24-19(25)27-14-16-8-3-2-4-9-16/h2-5,7-11,13H,6,12,14H2,1H3,(H,24,25). The molecule has 7 heteroatoms. The highest BCUT2D eigenvalue weighted by atomic mass is 19.4. The summed E-state index contributed by atoms with van der Waals surface area (Å²) in [6.45, 7) is 0.487. The lowest BCUT2D eigenvalue weighted by molar-refractivity contribution is -0.138. The van der Waals surface area contributed by atoms with Gasteiger partial charge in [0, 0.05) is 6.54 Å². The second-order valence-electron chi connectivity index (χ2n) is 5.64. The molecular weight excluding hydrogens is 359 g/mol. The van der Waals surface area contributed by atoms with Crippen molar-refractivity contribution in [3.8, 4) is 5.75 Å². The third kappa shape index (κ3) is 6.69. The summed E-state index contributed by atoms with van der Waals surface area (Å²) in [6.07, 6.45) is -1.34. The molecule has 0 heterocycles. The molecule has 0 atom stereocenters. The van der Waals surface area contributed by atoms with E-state index in [0.29, 0.717) is 18.5 Å². The lowest BCUT2D eigenvalue weighted by atomic mass is 10.1. The number of rotatable bonds is 7. The van der Waals surface area contributed by atoms with Gasteiger partial charge in [0.1, 0.15) is 12.4 Å². The average Bonchev–Trinajstić information content (AvgIpc) is 2.66. The second kappa shape index (κ2) is 9.66. The third-order valence-electron chi connectivity index (χ3n) is 3.63. The molecule has 2 aromatic carbocycles. The van der Waals surface area contributed by atoms with Crippen molar-refractivity contribution in [1.29, 1.82) is 0 Å². The minimum absolute atomic E-state index is 0.175. The highest BCUT2D eigenvalue weighted by Crippen LogP contribution is 2.36. The van der Waals surface area contributed by atoms with Gasteiger partial charge in [-0.1, -0.05) is 48.6 Å². The number of ether oxygens (including phenoxy) is 2. The van der Waals surface area contributed by atoms with Crippen LogP contribution in [0, 0.1) is 0 Å². The van der Waals surface area contributed by atoms with Crippen molar-refractivity contribution in [2.45, 2.75) is 19.2 Å². The topological polar surface area (TPSA) is 47.6 Å². The van der Waals surface area contributed by atoms with E-state index in [1.54, 1.807) is 12.2 Å². The van der Waals surface area contributed by atoms with Gasteiger partial charge in [-0.3, -0.25) is 0 Å². The number of hydrogen-bond donors (Lipinski definition) is 1. The molecule has 0 aromatic heterocycles. The van der Waals surface area contributed by atoms with Crippen LogP contribution < -0.4 is 10.1 Å². The fourth-order valence-electron chi connectivity index (χ4n) is 2.30. The maximum Gasteiger partial charge on any atom is 0.419 e. The molecule has 0 aliphatic rings. The van der Waals surface area contributed by atoms with Crippen LogP contribution in [0.4, 0.5) is 18.0 Å². The number of halogens is 3. The Labute approximate surface area is 155 Å². The first-order valence-corrected chi connectivity index (χ1v) is 8.26. The number of alkyl carbamates (subject to hydrolysis) is 1. The van der Waals surface area contributed by atoms with Crippen molar-refractivity contribution in [2.75, 3.05) is 13.7 Å². The molecule has 0 aliphatic heterocycles. The van der Waals surface area contributed by atoms with Gasteiger partial charge in [-0.2, -0.15) is 13.2 Å². The quantitative estimate of drug-likeness (QED) is 0.686. The maximum absolute atomic E-state index is 13.0. The van der Waals surface area contributed by atoms with E-state index in [1.807, 2.05) is 30.3 Å². The third-order valence-corrected chi connectivity index (χ3v) is 3.63. The van der Waals surface area contributed by atoms with Crippen LogP contribution in [0.25, 0.3) is 6.08 Å². The van der Waals surface area contributed by atoms with E-state index in [4.69, 9.17) is 9.47 Å². The fraction of sp³-hybridized carbons (Fsp3) is 0.250. The Morgan fingerprint density at radius 3 is 2.56 bits per heavy atom. The first kappa shape index (κ1) is 20.4. The summed E-state index contributed by atoms with van der Waals surface area (Å²) in [5.74, 6) is -0.220. The molecule has 0 bridgehead atoms. The summed E-state index contributed by atoms with van der Waals surface area (Å²) in [4.78, 5) is 11.6. The van der Waals surface area contributed by atoms with Crippen LogP contribution in [-0.4, -0.2) is 19.7 Å². The number of carbonyl (C=O) groups excluding carboxylic acids is 1. The van der Waals surface area contributed by atoms with E-state index < -0.39 is 17.8 Å². The Hall–Kier alpha value is -2.96. The summed E-state index contributed by atoms with van der Waals surface area (Å²) in [5.41, 5.74) is 0.456. The van der Waals surface area contributed by atoms with Crippen molar-refractivity contribution in [2.24, 2.45) is 0 Å². The van der Waals surface area contributed by atoms with Crippen LogP contribution in [0.5, 0.6) is 5.75 Å². The van der Waals surface area contributed by atoms with E-state index in [-0.39, 0.29) is 12.4 Å². The van der Waals surface area contributed by atoms with Crippen LogP contribution in [-0.2, 0) is 17.5 Å². The normalized spacial score (nSPS) is 11.4. The van der Waals surface area contributed by atoms with Gasteiger partial charge >= 0.3 is 12.3 Å². The van der Waals surface area contributed by atoms with E-state index in [2.05, 4.69) is 5.32 Å². The molecule has 144 valence electrons. The van der Waals surface area contributed by atoms with Crippen LogP contribution in [0.3, 0.4) is 0 Å². The zero-order valence-electron chi connectivity index (χ0n) is 14.8. The van der Waals surface area contributed by atoms with Gasteiger partial charge in [0.25, 0.3) is 0 Å². The highest BCUT2D eigenvalue weighted by Gasteiger charge is 2.34. The SMILES string of the molecule is COc1ccc(C=CCCNC(=O)OCc2ccccc2)cc1C(F)(F)F. The summed E-state index contributed by atoms with van der Waals surface area (Å²) >= 11 is 0. The molecule has 2 aromatic rings. The summed E-state index contributed by atoms with van der Waals surface area (Å²) < 4.78 is 48.7. The van der Waals surface area contributed by atoms with Crippen LogP contribution in [0.1, 0.15) is 23.1 Å². The van der Waals surface area contributed by atoms with Gasteiger partial charge in [-0.15, -0.1) is 0 Å². The van der Waals surface area contributed by atoms with E-state index in [9.17, 15) is 18.0 Å². The maximum atomic E-state index is 13.0. The molecule has 0 saturated carbocycles. The number of alkyl halides is 3. The average molecular weight is 379 g/mol. The van der Waals surface area contributed by atoms with Crippen molar-refractivity contribution in [3.05, 3.63) is 71.3 Å². The second-order valence-corrected chi connectivity index (χ2v) is 5.64. The highest BCUT2D eigenvalue weighted by molar-refractivity contribution is 5.67. The van der Waals surface area contributed by atoms with Crippen LogP contribution in [0.2, 0.25) is 0 Å². The van der Waals surface area contributed by atoms with Gasteiger partial charge in [-0.25, -0.2) is 4.79 Å². The van der Waals surface area contributed by atoms with Crippen molar-refractivity contribution < 1.29 is 27.4 Å². The molecule has 0 aliphatic carbocycles. The first-order valence-electron chi connectivity index (χ1n) is 8.26. The molecule has 27 heavy (non-hydrogen) atoms. The van der Waals surface area contributed by atoms with Gasteiger partial charge in [-0.05, 0) is 29.7 Å². The minimum atomic E-state index is -4.49. The number of carbonyl (C=O) groups is 1. The number of methoxy groups -OCH3 is 1. The van der Waals surface area contributed by atoms with Gasteiger partial charge in [0.2, 0.25) is 0 Å². The van der Waals surface area contributed by atoms with Crippen LogP contribution >= 0.6 is 0 Å². The minimum Gasteiger partial charge on any atom is -0.496 e. The smallest absolute Gasteiger partial charge is 0.419 e. The van der Waals surface area contributed by atoms with Gasteiger partial charge in [0.15, 0.2) is 0 Å². The van der Waals surface area contributed by atoms with Crippen molar-refractivity contribution >= 4 is 12.2 Å². The monoisotopic (exact) mass is 379 g/mol. The number of hydrogen-bond acceptors (Lipinski definition) is 3. The Morgan fingerprint density at radius 1 is 1.15 bits per heavy atom. The summed E-state index contributed by atoms with van der Waals surface area (Å²) in [6, 6.07) is 13.1. The molecule has 1 N–H and O–H groups in total. The molecule has 0 radical (unpaired) electrons. The van der Waals surface area contributed by atoms with Crippen LogP contribution in [0.15, 0.2) is 54.6 Å². The van der Waals surface area contributed by atoms with E-state index >= 15 is 0 Å². The molecule has 4 nitrogen and oxygen atoms in total. The predicted octanol–water partition coefficient (Wildman–Crippen LogP) is 5.04. The largest absolute Gasteiger partial charge is 0.496 e. The number of benzene rings is 2. The molecule has 0 fully saturated rings. The van der Waals surface area contributed by atoms with Crippen molar-refractivity contribution in [1.82, 2.24) is 5.32 Å². The van der Waals surface area contributed by atoms with Gasteiger partial charge in [0.05, 0.1) is 12.7 Å². The lowest BCUT2D eigenvalue weighted by Crippen LogP contribution is -2.24. The molecule has 1 amide bonds. The molecular formula is C20H20F3NO3. The molecule has 0 spiro atoms. The number of nitrogens with one attached hydrogen (secondary N) is 1. The van der Waals surface area contributed by atoms with Gasteiger partial charge < -0.3 is 14.8 Å². The summed E-state index contributed by atoms with van der Waals surface area (Å²) in [5, 5.41) is 2.58. The Morgan fingerprint density at radius 2 is 1.89 bits per heavy atom. The zero-order chi connectivity index (χ0) is 19.7. The first-order chi connectivity index (χ1) is 12.9. The van der Waals surface area contributed by atoms with E-state index in [1.165, 1.54) is 19.2 Å². The van der Waals surface area contributed by atoms with Crippen molar-refractivity contribution in [3.63, 3.8) is 0 Å². The Bertz CT molecular complexity index is 774. The predicted molar refractivity (Wildman–Crippen MR) is 96.3 cm³/mol. The fourth-order valence-corrected chi connectivity index (χ4v) is 2.30. The lowest BCUT2D eigenvalue weighted by Gasteiger charge is -2.12. The molecule has 0 saturated heterocycles. The van der Waals surface area contributed by atoms with E-state index in [0.717, 1.165) is 11.6 Å². The zero-order valence-corrected chi connectivity index (χ0v) is 14.8. The molecule has 0 unspecified atom stereocenters. The molecule has 2 rings (SSSR count). The Balaban J connectivity index is 1.78. The summed E-state index contributed by atoms with van der Waals surface area (Å²) in [7, 11) is 1.20.